The lowest BCUT2D eigenvalue weighted by Gasteiger charge is -2.21. The van der Waals surface area contributed by atoms with E-state index in [1.54, 1.807) is 12.1 Å². The number of β-amino-alcohol motifs (C(OH)–C–C–N with tert-alkyl or cyclic N) is 1. The number of likely N-dealkylation sites (tertiary alicyclic amines) is 1. The number of halogens is 2. The summed E-state index contributed by atoms with van der Waals surface area (Å²) in [6, 6.07) is 3.48. The fourth-order valence-corrected chi connectivity index (χ4v) is 3.00. The molecule has 1 fully saturated rings. The van der Waals surface area contributed by atoms with Gasteiger partial charge in [0.1, 0.15) is 5.82 Å². The standard InChI is InChI=1S/C16H21FN4O2.ClH/c1-23-14-3-2-13-15(20-14)11(12(17)8-19-13)4-6-21-7-5-16(22,9-18)10-21;/h2-3,8,22H,4-7,9-10,18H2,1H3;1H. The molecule has 0 aliphatic carbocycles. The van der Waals surface area contributed by atoms with E-state index in [0.717, 1.165) is 6.54 Å². The van der Waals surface area contributed by atoms with Crippen LogP contribution < -0.4 is 10.5 Å². The number of ether oxygens (including phenoxy) is 1. The topological polar surface area (TPSA) is 84.5 Å². The quantitative estimate of drug-likeness (QED) is 0.835. The summed E-state index contributed by atoms with van der Waals surface area (Å²) in [6.45, 7) is 2.16. The molecule has 2 aromatic rings. The molecule has 3 heterocycles. The van der Waals surface area contributed by atoms with Crippen LogP contribution in [0.2, 0.25) is 0 Å². The third-order valence-corrected chi connectivity index (χ3v) is 4.42. The first-order valence-corrected chi connectivity index (χ1v) is 7.67. The van der Waals surface area contributed by atoms with E-state index < -0.39 is 5.60 Å². The van der Waals surface area contributed by atoms with Crippen molar-refractivity contribution in [3.05, 3.63) is 29.7 Å². The maximum atomic E-state index is 14.2. The number of aromatic nitrogens is 2. The molecule has 24 heavy (non-hydrogen) atoms. The van der Waals surface area contributed by atoms with Crippen molar-refractivity contribution in [1.29, 1.82) is 0 Å². The molecule has 0 bridgehead atoms. The van der Waals surface area contributed by atoms with Gasteiger partial charge in [-0.2, -0.15) is 0 Å². The van der Waals surface area contributed by atoms with Crippen LogP contribution in [-0.4, -0.2) is 58.9 Å². The fraction of sp³-hybridized carbons (Fsp3) is 0.500. The van der Waals surface area contributed by atoms with E-state index in [4.69, 9.17) is 10.5 Å². The second-order valence-corrected chi connectivity index (χ2v) is 6.01. The Labute approximate surface area is 146 Å². The summed E-state index contributed by atoms with van der Waals surface area (Å²) in [5, 5.41) is 10.2. The minimum Gasteiger partial charge on any atom is -0.481 e. The Bertz CT molecular complexity index is 718. The monoisotopic (exact) mass is 356 g/mol. The highest BCUT2D eigenvalue weighted by Gasteiger charge is 2.34. The predicted molar refractivity (Wildman–Crippen MR) is 92.1 cm³/mol. The van der Waals surface area contributed by atoms with E-state index in [2.05, 4.69) is 14.9 Å². The van der Waals surface area contributed by atoms with Crippen LogP contribution >= 0.6 is 12.4 Å². The van der Waals surface area contributed by atoms with Gasteiger partial charge in [0.15, 0.2) is 0 Å². The smallest absolute Gasteiger partial charge is 0.213 e. The number of pyridine rings is 2. The normalized spacial score (nSPS) is 21.0. The summed E-state index contributed by atoms with van der Waals surface area (Å²) < 4.78 is 19.3. The Morgan fingerprint density at radius 1 is 1.46 bits per heavy atom. The first-order valence-electron chi connectivity index (χ1n) is 7.67. The summed E-state index contributed by atoms with van der Waals surface area (Å²) in [4.78, 5) is 10.5. The molecule has 1 aliphatic rings. The van der Waals surface area contributed by atoms with Crippen LogP contribution in [0.25, 0.3) is 11.0 Å². The van der Waals surface area contributed by atoms with Crippen LogP contribution in [0.15, 0.2) is 18.3 Å². The van der Waals surface area contributed by atoms with Gasteiger partial charge in [-0.05, 0) is 18.9 Å². The summed E-state index contributed by atoms with van der Waals surface area (Å²) in [6.07, 6.45) is 2.37. The van der Waals surface area contributed by atoms with Gasteiger partial charge in [0, 0.05) is 37.8 Å². The molecule has 132 valence electrons. The van der Waals surface area contributed by atoms with Crippen molar-refractivity contribution in [1.82, 2.24) is 14.9 Å². The molecule has 0 amide bonds. The second-order valence-electron chi connectivity index (χ2n) is 6.01. The number of nitrogens with zero attached hydrogens (tertiary/aromatic N) is 3. The average molecular weight is 357 g/mol. The Balaban J connectivity index is 0.00000208. The van der Waals surface area contributed by atoms with Crippen molar-refractivity contribution >= 4 is 23.4 Å². The molecule has 6 nitrogen and oxygen atoms in total. The zero-order valence-corrected chi connectivity index (χ0v) is 14.4. The predicted octanol–water partition coefficient (Wildman–Crippen LogP) is 1.14. The van der Waals surface area contributed by atoms with Gasteiger partial charge in [-0.3, -0.25) is 9.88 Å². The van der Waals surface area contributed by atoms with Crippen molar-refractivity contribution in [2.24, 2.45) is 5.73 Å². The second kappa shape index (κ2) is 7.57. The molecule has 0 spiro atoms. The highest BCUT2D eigenvalue weighted by molar-refractivity contribution is 5.85. The minimum atomic E-state index is -0.819. The number of aliphatic hydroxyl groups is 1. The zero-order valence-electron chi connectivity index (χ0n) is 13.5. The fourth-order valence-electron chi connectivity index (χ4n) is 3.00. The minimum absolute atomic E-state index is 0. The average Bonchev–Trinajstić information content (AvgIpc) is 2.95. The highest BCUT2D eigenvalue weighted by atomic mass is 35.5. The van der Waals surface area contributed by atoms with Crippen LogP contribution in [0.1, 0.15) is 12.0 Å². The molecule has 1 aliphatic heterocycles. The van der Waals surface area contributed by atoms with Crippen molar-refractivity contribution in [3.63, 3.8) is 0 Å². The number of fused-ring (bicyclic) bond motifs is 1. The molecule has 1 unspecified atom stereocenters. The van der Waals surface area contributed by atoms with Gasteiger partial charge in [-0.25, -0.2) is 9.37 Å². The van der Waals surface area contributed by atoms with E-state index in [1.807, 2.05) is 0 Å². The third-order valence-electron chi connectivity index (χ3n) is 4.42. The van der Waals surface area contributed by atoms with Gasteiger partial charge in [0.25, 0.3) is 0 Å². The first kappa shape index (κ1) is 18.8. The van der Waals surface area contributed by atoms with E-state index in [9.17, 15) is 9.50 Å². The van der Waals surface area contributed by atoms with Crippen molar-refractivity contribution in [2.75, 3.05) is 33.3 Å². The number of nitrogens with two attached hydrogens (primary N) is 1. The van der Waals surface area contributed by atoms with Crippen molar-refractivity contribution < 1.29 is 14.2 Å². The molecule has 3 N–H and O–H groups in total. The molecule has 0 aromatic carbocycles. The first-order chi connectivity index (χ1) is 11.0. The number of hydrogen-bond donors (Lipinski definition) is 2. The molecule has 1 atom stereocenters. The maximum Gasteiger partial charge on any atom is 0.213 e. The Morgan fingerprint density at radius 3 is 2.92 bits per heavy atom. The van der Waals surface area contributed by atoms with E-state index in [0.29, 0.717) is 48.4 Å². The largest absolute Gasteiger partial charge is 0.481 e. The molecule has 2 aromatic heterocycles. The Kier molecular flexibility index (Phi) is 5.92. The summed E-state index contributed by atoms with van der Waals surface area (Å²) in [5.74, 6) is 0.0661. The maximum absolute atomic E-state index is 14.2. The summed E-state index contributed by atoms with van der Waals surface area (Å²) >= 11 is 0. The van der Waals surface area contributed by atoms with Gasteiger partial charge in [0.2, 0.25) is 5.88 Å². The van der Waals surface area contributed by atoms with Gasteiger partial charge in [-0.1, -0.05) is 0 Å². The molecule has 0 radical (unpaired) electrons. The molecule has 8 heteroatoms. The van der Waals surface area contributed by atoms with E-state index in [1.165, 1.54) is 13.3 Å². The van der Waals surface area contributed by atoms with Crippen molar-refractivity contribution in [3.8, 4) is 5.88 Å². The van der Waals surface area contributed by atoms with Gasteiger partial charge in [0.05, 0.1) is 29.9 Å². The summed E-state index contributed by atoms with van der Waals surface area (Å²) in [7, 11) is 1.53. The van der Waals surface area contributed by atoms with Crippen LogP contribution in [-0.2, 0) is 6.42 Å². The zero-order chi connectivity index (χ0) is 16.4. The lowest BCUT2D eigenvalue weighted by atomic mass is 10.0. The Hall–Kier alpha value is -1.54. The van der Waals surface area contributed by atoms with Gasteiger partial charge in [-0.15, -0.1) is 12.4 Å². The van der Waals surface area contributed by atoms with Crippen LogP contribution in [0.5, 0.6) is 5.88 Å². The summed E-state index contributed by atoms with van der Waals surface area (Å²) in [5.41, 5.74) is 6.47. The van der Waals surface area contributed by atoms with Gasteiger partial charge < -0.3 is 15.6 Å². The lowest BCUT2D eigenvalue weighted by molar-refractivity contribution is 0.0583. The number of hydrogen-bond acceptors (Lipinski definition) is 6. The SMILES string of the molecule is COc1ccc2ncc(F)c(CCN3CCC(O)(CN)C3)c2n1.Cl. The molecule has 0 saturated carbocycles. The van der Waals surface area contributed by atoms with E-state index >= 15 is 0 Å². The highest BCUT2D eigenvalue weighted by Crippen LogP contribution is 2.24. The molecule has 1 saturated heterocycles. The van der Waals surface area contributed by atoms with Crippen LogP contribution in [0.3, 0.4) is 0 Å². The Morgan fingerprint density at radius 2 is 2.25 bits per heavy atom. The molecule has 3 rings (SSSR count). The van der Waals surface area contributed by atoms with Crippen LogP contribution in [0.4, 0.5) is 4.39 Å². The molecular formula is C16H22ClFN4O2. The van der Waals surface area contributed by atoms with Crippen molar-refractivity contribution in [2.45, 2.75) is 18.4 Å². The third kappa shape index (κ3) is 3.75. The number of methoxy groups -OCH3 is 1. The van der Waals surface area contributed by atoms with E-state index in [-0.39, 0.29) is 24.8 Å². The molecular weight excluding hydrogens is 335 g/mol. The number of rotatable bonds is 5. The lowest BCUT2D eigenvalue weighted by Crippen LogP contribution is -2.40. The van der Waals surface area contributed by atoms with Crippen LogP contribution in [0, 0.1) is 5.82 Å². The van der Waals surface area contributed by atoms with Gasteiger partial charge >= 0.3 is 0 Å².